The molecule has 1 atom stereocenters. The second-order valence-corrected chi connectivity index (χ2v) is 4.31. The Morgan fingerprint density at radius 2 is 2.13 bits per heavy atom. The summed E-state index contributed by atoms with van der Waals surface area (Å²) in [5.41, 5.74) is 0. The number of hydrogen-bond donors (Lipinski definition) is 0. The van der Waals surface area contributed by atoms with Gasteiger partial charge in [-0.15, -0.1) is 0 Å². The number of hydrogen-bond acceptors (Lipinski definition) is 4. The first-order valence-electron chi connectivity index (χ1n) is 5.84. The van der Waals surface area contributed by atoms with Crippen molar-refractivity contribution in [3.63, 3.8) is 0 Å². The Bertz CT molecular complexity index is 214. The molecule has 0 aromatic rings. The molecule has 0 amide bonds. The number of carbonyl (C=O) groups excluding carboxylic acids is 1. The minimum atomic E-state index is -0.120. The summed E-state index contributed by atoms with van der Waals surface area (Å²) in [6, 6.07) is 0. The lowest BCUT2D eigenvalue weighted by Crippen LogP contribution is -2.36. The van der Waals surface area contributed by atoms with Crippen LogP contribution in [0.2, 0.25) is 0 Å². The normalized spacial score (nSPS) is 28.8. The third kappa shape index (κ3) is 3.47. The predicted molar refractivity (Wildman–Crippen MR) is 55.4 cm³/mol. The first-order valence-corrected chi connectivity index (χ1v) is 5.84. The molecular formula is C11H19NO3. The van der Waals surface area contributed by atoms with Crippen LogP contribution in [0.25, 0.3) is 0 Å². The van der Waals surface area contributed by atoms with Gasteiger partial charge in [-0.1, -0.05) is 6.42 Å². The molecule has 2 rings (SSSR count). The van der Waals surface area contributed by atoms with Gasteiger partial charge in [-0.3, -0.25) is 9.69 Å². The first-order chi connectivity index (χ1) is 7.34. The number of likely N-dealkylation sites (tertiary alicyclic amines) is 1. The van der Waals surface area contributed by atoms with Gasteiger partial charge in [0.15, 0.2) is 0 Å². The highest BCUT2D eigenvalue weighted by molar-refractivity contribution is 5.70. The molecule has 4 heteroatoms. The molecular weight excluding hydrogens is 194 g/mol. The van der Waals surface area contributed by atoms with Crippen LogP contribution in [0.4, 0.5) is 0 Å². The van der Waals surface area contributed by atoms with E-state index in [9.17, 15) is 4.79 Å². The minimum absolute atomic E-state index is 0.0770. The molecule has 1 unspecified atom stereocenters. The van der Waals surface area contributed by atoms with E-state index in [-0.39, 0.29) is 12.1 Å². The molecule has 0 aromatic heterocycles. The fourth-order valence-corrected chi connectivity index (χ4v) is 2.09. The number of cyclic esters (lactones) is 1. The number of nitrogens with zero attached hydrogens (tertiary/aromatic N) is 1. The summed E-state index contributed by atoms with van der Waals surface area (Å²) >= 11 is 0. The molecule has 0 radical (unpaired) electrons. The number of esters is 1. The van der Waals surface area contributed by atoms with Gasteiger partial charge in [-0.25, -0.2) is 0 Å². The van der Waals surface area contributed by atoms with E-state index in [4.69, 9.17) is 9.47 Å². The lowest BCUT2D eigenvalue weighted by atomic mass is 10.1. The van der Waals surface area contributed by atoms with Crippen LogP contribution >= 0.6 is 0 Å². The van der Waals surface area contributed by atoms with Gasteiger partial charge in [0.25, 0.3) is 0 Å². The van der Waals surface area contributed by atoms with Crippen molar-refractivity contribution in [3.05, 3.63) is 0 Å². The SMILES string of the molecule is O=C1CC(OCN2CCCCC2)CCO1. The van der Waals surface area contributed by atoms with Crippen molar-refractivity contribution in [1.29, 1.82) is 0 Å². The molecule has 0 spiro atoms. The standard InChI is InChI=1S/C11H19NO3/c13-11-8-10(4-7-14-11)15-9-12-5-2-1-3-6-12/h10H,1-9H2. The summed E-state index contributed by atoms with van der Waals surface area (Å²) < 4.78 is 10.6. The van der Waals surface area contributed by atoms with E-state index < -0.39 is 0 Å². The number of piperidine rings is 1. The Kier molecular flexibility index (Phi) is 3.97. The Morgan fingerprint density at radius 3 is 2.87 bits per heavy atom. The van der Waals surface area contributed by atoms with Crippen LogP contribution in [-0.2, 0) is 14.3 Å². The van der Waals surface area contributed by atoms with E-state index in [1.165, 1.54) is 19.3 Å². The Hall–Kier alpha value is -0.610. The Labute approximate surface area is 90.5 Å². The number of ether oxygens (including phenoxy) is 2. The van der Waals surface area contributed by atoms with Crippen molar-refractivity contribution in [1.82, 2.24) is 4.90 Å². The van der Waals surface area contributed by atoms with Gasteiger partial charge in [0.05, 0.1) is 25.9 Å². The highest BCUT2D eigenvalue weighted by Crippen LogP contribution is 2.14. The van der Waals surface area contributed by atoms with Crippen LogP contribution in [0.1, 0.15) is 32.1 Å². The van der Waals surface area contributed by atoms with Gasteiger partial charge < -0.3 is 9.47 Å². The van der Waals surface area contributed by atoms with Gasteiger partial charge in [0.2, 0.25) is 0 Å². The van der Waals surface area contributed by atoms with Crippen LogP contribution in [0, 0.1) is 0 Å². The summed E-state index contributed by atoms with van der Waals surface area (Å²) in [7, 11) is 0. The summed E-state index contributed by atoms with van der Waals surface area (Å²) in [6.45, 7) is 3.47. The van der Waals surface area contributed by atoms with E-state index in [0.717, 1.165) is 19.5 Å². The zero-order chi connectivity index (χ0) is 10.5. The van der Waals surface area contributed by atoms with Crippen LogP contribution in [0.3, 0.4) is 0 Å². The maximum Gasteiger partial charge on any atom is 0.308 e. The van der Waals surface area contributed by atoms with Crippen molar-refractivity contribution in [2.45, 2.75) is 38.2 Å². The highest BCUT2D eigenvalue weighted by Gasteiger charge is 2.22. The largest absolute Gasteiger partial charge is 0.465 e. The van der Waals surface area contributed by atoms with Crippen molar-refractivity contribution in [3.8, 4) is 0 Å². The molecule has 4 nitrogen and oxygen atoms in total. The second-order valence-electron chi connectivity index (χ2n) is 4.31. The van der Waals surface area contributed by atoms with E-state index in [1.807, 2.05) is 0 Å². The van der Waals surface area contributed by atoms with E-state index >= 15 is 0 Å². The highest BCUT2D eigenvalue weighted by atomic mass is 16.5. The molecule has 2 saturated heterocycles. The summed E-state index contributed by atoms with van der Waals surface area (Å²) in [5, 5.41) is 0. The molecule has 2 heterocycles. The summed E-state index contributed by atoms with van der Waals surface area (Å²) in [4.78, 5) is 13.3. The lowest BCUT2D eigenvalue weighted by molar-refractivity contribution is -0.156. The van der Waals surface area contributed by atoms with Gasteiger partial charge in [-0.2, -0.15) is 0 Å². The van der Waals surface area contributed by atoms with Gasteiger partial charge in [0, 0.05) is 19.5 Å². The molecule has 0 saturated carbocycles. The average molecular weight is 213 g/mol. The first kappa shape index (κ1) is 10.9. The fourth-order valence-electron chi connectivity index (χ4n) is 2.09. The maximum absolute atomic E-state index is 11.0. The van der Waals surface area contributed by atoms with Gasteiger partial charge in [0.1, 0.15) is 0 Å². The molecule has 0 N–H and O–H groups in total. The number of rotatable bonds is 3. The third-order valence-corrected chi connectivity index (χ3v) is 3.04. The Morgan fingerprint density at radius 1 is 1.33 bits per heavy atom. The molecule has 2 aliphatic rings. The zero-order valence-corrected chi connectivity index (χ0v) is 9.11. The van der Waals surface area contributed by atoms with Crippen molar-refractivity contribution in [2.24, 2.45) is 0 Å². The van der Waals surface area contributed by atoms with E-state index in [2.05, 4.69) is 4.90 Å². The Balaban J connectivity index is 1.65. The molecule has 0 aromatic carbocycles. The average Bonchev–Trinajstić information content (AvgIpc) is 2.28. The van der Waals surface area contributed by atoms with Gasteiger partial charge >= 0.3 is 5.97 Å². The fraction of sp³-hybridized carbons (Fsp3) is 0.909. The van der Waals surface area contributed by atoms with E-state index in [1.54, 1.807) is 0 Å². The van der Waals surface area contributed by atoms with Crippen molar-refractivity contribution in [2.75, 3.05) is 26.4 Å². The van der Waals surface area contributed by atoms with Crippen LogP contribution in [0.5, 0.6) is 0 Å². The summed E-state index contributed by atoms with van der Waals surface area (Å²) in [6.07, 6.45) is 5.24. The molecule has 0 aliphatic carbocycles. The molecule has 0 bridgehead atoms. The molecule has 86 valence electrons. The van der Waals surface area contributed by atoms with Crippen molar-refractivity contribution < 1.29 is 14.3 Å². The lowest BCUT2D eigenvalue weighted by Gasteiger charge is -2.29. The quantitative estimate of drug-likeness (QED) is 0.659. The summed E-state index contributed by atoms with van der Waals surface area (Å²) in [5.74, 6) is -0.120. The smallest absolute Gasteiger partial charge is 0.308 e. The monoisotopic (exact) mass is 213 g/mol. The zero-order valence-electron chi connectivity index (χ0n) is 9.11. The van der Waals surface area contributed by atoms with Gasteiger partial charge in [-0.05, 0) is 12.8 Å². The van der Waals surface area contributed by atoms with Crippen molar-refractivity contribution >= 4 is 5.97 Å². The second kappa shape index (κ2) is 5.47. The maximum atomic E-state index is 11.0. The minimum Gasteiger partial charge on any atom is -0.465 e. The van der Waals surface area contributed by atoms with E-state index in [0.29, 0.717) is 19.8 Å². The molecule has 2 aliphatic heterocycles. The topological polar surface area (TPSA) is 38.8 Å². The van der Waals surface area contributed by atoms with Crippen LogP contribution < -0.4 is 0 Å². The van der Waals surface area contributed by atoms with Crippen LogP contribution in [-0.4, -0.2) is 43.4 Å². The number of carbonyl (C=O) groups is 1. The molecule has 15 heavy (non-hydrogen) atoms. The van der Waals surface area contributed by atoms with Crippen LogP contribution in [0.15, 0.2) is 0 Å². The molecule has 2 fully saturated rings. The third-order valence-electron chi connectivity index (χ3n) is 3.04. The predicted octanol–water partition coefficient (Wildman–Crippen LogP) is 1.15.